The third-order valence-corrected chi connectivity index (χ3v) is 4.64. The topological polar surface area (TPSA) is 52.7 Å². The van der Waals surface area contributed by atoms with Gasteiger partial charge in [-0.2, -0.15) is 0 Å². The molecule has 0 spiro atoms. The Morgan fingerprint density at radius 2 is 1.77 bits per heavy atom. The second-order valence-electron chi connectivity index (χ2n) is 7.16. The molecule has 0 fully saturated rings. The maximum atomic E-state index is 12.3. The maximum Gasteiger partial charge on any atom is 0.226 e. The molecule has 0 saturated carbocycles. The van der Waals surface area contributed by atoms with Crippen LogP contribution in [0.2, 0.25) is 0 Å². The zero-order chi connectivity index (χ0) is 19.7. The number of nitrogens with zero attached hydrogens (tertiary/aromatic N) is 2. The Kier molecular flexibility index (Phi) is 9.17. The van der Waals surface area contributed by atoms with Gasteiger partial charge in [-0.3, -0.25) is 9.59 Å². The molecule has 2 amide bonds. The van der Waals surface area contributed by atoms with Gasteiger partial charge in [-0.15, -0.1) is 0 Å². The van der Waals surface area contributed by atoms with E-state index in [1.54, 1.807) is 11.8 Å². The van der Waals surface area contributed by atoms with Crippen LogP contribution in [-0.2, 0) is 9.59 Å². The zero-order valence-corrected chi connectivity index (χ0v) is 17.3. The minimum Gasteiger partial charge on any atom is -0.372 e. The van der Waals surface area contributed by atoms with Crippen LogP contribution in [0.15, 0.2) is 18.2 Å². The van der Waals surface area contributed by atoms with Crippen LogP contribution in [0.1, 0.15) is 53.0 Å². The summed E-state index contributed by atoms with van der Waals surface area (Å²) in [6.07, 6.45) is 1.27. The SMILES string of the molecule is CCN(CC)c1ccc(NC(=O)CCN(CCC(C)C)C(C)=O)c(C)c1. The lowest BCUT2D eigenvalue weighted by Gasteiger charge is -2.23. The predicted octanol–water partition coefficient (Wildman–Crippen LogP) is 4.06. The highest BCUT2D eigenvalue weighted by molar-refractivity contribution is 5.92. The van der Waals surface area contributed by atoms with E-state index < -0.39 is 0 Å². The van der Waals surface area contributed by atoms with E-state index >= 15 is 0 Å². The number of carbonyl (C=O) groups is 2. The molecule has 1 rings (SSSR count). The molecule has 0 heterocycles. The Balaban J connectivity index is 2.63. The van der Waals surface area contributed by atoms with Gasteiger partial charge in [-0.05, 0) is 56.9 Å². The highest BCUT2D eigenvalue weighted by Gasteiger charge is 2.13. The third-order valence-electron chi connectivity index (χ3n) is 4.64. The molecule has 0 aliphatic heterocycles. The van der Waals surface area contributed by atoms with Gasteiger partial charge in [-0.25, -0.2) is 0 Å². The smallest absolute Gasteiger partial charge is 0.226 e. The average molecular weight is 362 g/mol. The van der Waals surface area contributed by atoms with Gasteiger partial charge >= 0.3 is 0 Å². The minimum atomic E-state index is -0.0560. The van der Waals surface area contributed by atoms with Crippen molar-refractivity contribution in [2.24, 2.45) is 5.92 Å². The van der Waals surface area contributed by atoms with E-state index in [0.29, 0.717) is 25.4 Å². The van der Waals surface area contributed by atoms with E-state index in [2.05, 4.69) is 44.0 Å². The number of anilines is 2. The summed E-state index contributed by atoms with van der Waals surface area (Å²) in [5.41, 5.74) is 3.05. The van der Waals surface area contributed by atoms with Crippen molar-refractivity contribution in [1.29, 1.82) is 0 Å². The predicted molar refractivity (Wildman–Crippen MR) is 110 cm³/mol. The van der Waals surface area contributed by atoms with Crippen LogP contribution >= 0.6 is 0 Å². The lowest BCUT2D eigenvalue weighted by atomic mass is 10.1. The first kappa shape index (κ1) is 22.0. The molecule has 26 heavy (non-hydrogen) atoms. The molecule has 5 heteroatoms. The van der Waals surface area contributed by atoms with Crippen molar-refractivity contribution in [3.63, 3.8) is 0 Å². The lowest BCUT2D eigenvalue weighted by molar-refractivity contribution is -0.129. The molecule has 5 nitrogen and oxygen atoms in total. The van der Waals surface area contributed by atoms with Crippen molar-refractivity contribution < 1.29 is 9.59 Å². The number of aryl methyl sites for hydroxylation is 1. The highest BCUT2D eigenvalue weighted by Crippen LogP contribution is 2.22. The fraction of sp³-hybridized carbons (Fsp3) is 0.619. The average Bonchev–Trinajstić information content (AvgIpc) is 2.57. The van der Waals surface area contributed by atoms with Crippen molar-refractivity contribution in [2.75, 3.05) is 36.4 Å². The van der Waals surface area contributed by atoms with Crippen molar-refractivity contribution in [2.45, 2.75) is 54.4 Å². The van der Waals surface area contributed by atoms with Gasteiger partial charge in [0.1, 0.15) is 0 Å². The molecule has 0 saturated heterocycles. The Labute approximate surface area is 158 Å². The van der Waals surface area contributed by atoms with Crippen LogP contribution in [0.3, 0.4) is 0 Å². The summed E-state index contributed by atoms with van der Waals surface area (Å²) >= 11 is 0. The van der Waals surface area contributed by atoms with Crippen molar-refractivity contribution in [3.05, 3.63) is 23.8 Å². The number of carbonyl (C=O) groups excluding carboxylic acids is 2. The second kappa shape index (κ2) is 10.8. The summed E-state index contributed by atoms with van der Waals surface area (Å²) in [6, 6.07) is 6.11. The number of nitrogens with one attached hydrogen (secondary N) is 1. The van der Waals surface area contributed by atoms with Crippen LogP contribution in [-0.4, -0.2) is 42.9 Å². The Morgan fingerprint density at radius 3 is 2.27 bits per heavy atom. The Hall–Kier alpha value is -2.04. The molecular weight excluding hydrogens is 326 g/mol. The fourth-order valence-corrected chi connectivity index (χ4v) is 2.86. The van der Waals surface area contributed by atoms with Crippen LogP contribution in [0.25, 0.3) is 0 Å². The third kappa shape index (κ3) is 7.06. The monoisotopic (exact) mass is 361 g/mol. The number of benzene rings is 1. The normalized spacial score (nSPS) is 10.7. The summed E-state index contributed by atoms with van der Waals surface area (Å²) in [5, 5.41) is 2.98. The van der Waals surface area contributed by atoms with E-state index in [1.807, 2.05) is 19.1 Å². The van der Waals surface area contributed by atoms with E-state index in [0.717, 1.165) is 30.8 Å². The van der Waals surface area contributed by atoms with Crippen molar-refractivity contribution >= 4 is 23.2 Å². The molecule has 146 valence electrons. The zero-order valence-electron chi connectivity index (χ0n) is 17.3. The van der Waals surface area contributed by atoms with E-state index in [9.17, 15) is 9.59 Å². The number of hydrogen-bond donors (Lipinski definition) is 1. The molecule has 0 radical (unpaired) electrons. The standard InChI is InChI=1S/C21H35N3O2/c1-7-23(8-2)19-9-10-20(17(5)15-19)22-21(26)12-14-24(18(6)25)13-11-16(3)4/h9-10,15-16H,7-8,11-14H2,1-6H3,(H,22,26). The quantitative estimate of drug-likeness (QED) is 0.683. The molecule has 1 N–H and O–H groups in total. The van der Waals surface area contributed by atoms with Crippen molar-refractivity contribution in [3.8, 4) is 0 Å². The first-order chi connectivity index (χ1) is 12.3. The minimum absolute atomic E-state index is 0.0261. The summed E-state index contributed by atoms with van der Waals surface area (Å²) in [4.78, 5) is 28.1. The largest absolute Gasteiger partial charge is 0.372 e. The maximum absolute atomic E-state index is 12.3. The number of hydrogen-bond acceptors (Lipinski definition) is 3. The van der Waals surface area contributed by atoms with E-state index in [1.165, 1.54) is 5.69 Å². The highest BCUT2D eigenvalue weighted by atomic mass is 16.2. The molecule has 0 aromatic heterocycles. The summed E-state index contributed by atoms with van der Waals surface area (Å²) in [5.74, 6) is 0.510. The van der Waals surface area contributed by atoms with Gasteiger partial charge in [0.2, 0.25) is 11.8 Å². The number of rotatable bonds is 10. The Bertz CT molecular complexity index is 595. The first-order valence-electron chi connectivity index (χ1n) is 9.69. The van der Waals surface area contributed by atoms with E-state index in [4.69, 9.17) is 0 Å². The summed E-state index contributed by atoms with van der Waals surface area (Å²) < 4.78 is 0. The molecule has 0 aliphatic rings. The van der Waals surface area contributed by atoms with Crippen LogP contribution in [0.4, 0.5) is 11.4 Å². The molecule has 1 aromatic rings. The fourth-order valence-electron chi connectivity index (χ4n) is 2.86. The second-order valence-corrected chi connectivity index (χ2v) is 7.16. The summed E-state index contributed by atoms with van der Waals surface area (Å²) in [7, 11) is 0. The van der Waals surface area contributed by atoms with Gasteiger partial charge < -0.3 is 15.1 Å². The van der Waals surface area contributed by atoms with Crippen LogP contribution in [0, 0.1) is 12.8 Å². The summed E-state index contributed by atoms with van der Waals surface area (Å²) in [6.45, 7) is 15.2. The van der Waals surface area contributed by atoms with E-state index in [-0.39, 0.29) is 11.8 Å². The molecule has 0 aliphatic carbocycles. The molecule has 0 unspecified atom stereocenters. The van der Waals surface area contributed by atoms with Gasteiger partial charge in [0, 0.05) is 50.9 Å². The molecule has 0 atom stereocenters. The Morgan fingerprint density at radius 1 is 1.12 bits per heavy atom. The molecule has 0 bridgehead atoms. The number of amides is 2. The molecular formula is C21H35N3O2. The van der Waals surface area contributed by atoms with Gasteiger partial charge in [0.05, 0.1) is 0 Å². The van der Waals surface area contributed by atoms with Gasteiger partial charge in [-0.1, -0.05) is 13.8 Å². The molecule has 1 aromatic carbocycles. The van der Waals surface area contributed by atoms with Crippen LogP contribution < -0.4 is 10.2 Å². The lowest BCUT2D eigenvalue weighted by Crippen LogP contribution is -2.33. The van der Waals surface area contributed by atoms with Gasteiger partial charge in [0.25, 0.3) is 0 Å². The van der Waals surface area contributed by atoms with Crippen LogP contribution in [0.5, 0.6) is 0 Å². The van der Waals surface area contributed by atoms with Gasteiger partial charge in [0.15, 0.2) is 0 Å². The van der Waals surface area contributed by atoms with Crippen molar-refractivity contribution in [1.82, 2.24) is 4.90 Å². The first-order valence-corrected chi connectivity index (χ1v) is 9.69.